The summed E-state index contributed by atoms with van der Waals surface area (Å²) in [7, 11) is 0. The zero-order chi connectivity index (χ0) is 17.5. The van der Waals surface area contributed by atoms with Gasteiger partial charge in [0.15, 0.2) is 0 Å². The average Bonchev–Trinajstić information content (AvgIpc) is 2.59. The molecule has 0 aromatic heterocycles. The summed E-state index contributed by atoms with van der Waals surface area (Å²) in [5, 5.41) is 0. The van der Waals surface area contributed by atoms with Gasteiger partial charge in [0.25, 0.3) is 0 Å². The van der Waals surface area contributed by atoms with E-state index < -0.39 is 25.0 Å². The van der Waals surface area contributed by atoms with Crippen molar-refractivity contribution in [1.29, 1.82) is 0 Å². The molecule has 0 heterocycles. The fraction of sp³-hybridized carbons (Fsp3) is 1.00. The van der Waals surface area contributed by atoms with E-state index in [9.17, 15) is 4.21 Å². The van der Waals surface area contributed by atoms with Gasteiger partial charge in [0, 0.05) is 0 Å². The maximum atomic E-state index is 12.9. The van der Waals surface area contributed by atoms with E-state index in [1.54, 1.807) is 0 Å². The van der Waals surface area contributed by atoms with Crippen LogP contribution in [0.5, 0.6) is 0 Å². The SMILES string of the molecule is CCP(CC)(CC)(CC)OS(=O)OP(CC)(CC)(CC)CC. The van der Waals surface area contributed by atoms with Gasteiger partial charge in [-0.15, -0.1) is 0 Å². The van der Waals surface area contributed by atoms with Gasteiger partial charge in [-0.3, -0.25) is 0 Å². The second kappa shape index (κ2) is 8.34. The first-order chi connectivity index (χ1) is 10.2. The Bertz CT molecular complexity index is 299. The number of hydrogen-bond donors (Lipinski definition) is 0. The van der Waals surface area contributed by atoms with E-state index in [0.717, 1.165) is 49.3 Å². The Morgan fingerprint density at radius 2 is 0.727 bits per heavy atom. The number of rotatable bonds is 12. The third-order valence-corrected chi connectivity index (χ3v) is 24.1. The van der Waals surface area contributed by atoms with Crippen molar-refractivity contribution < 1.29 is 12.1 Å². The van der Waals surface area contributed by atoms with Crippen LogP contribution in [0.1, 0.15) is 55.4 Å². The van der Waals surface area contributed by atoms with Crippen LogP contribution in [-0.4, -0.2) is 53.5 Å². The minimum atomic E-state index is -2.37. The Labute approximate surface area is 142 Å². The molecule has 0 bridgehead atoms. The van der Waals surface area contributed by atoms with Crippen molar-refractivity contribution in [3.05, 3.63) is 0 Å². The summed E-state index contributed by atoms with van der Waals surface area (Å²) in [4.78, 5) is 0. The van der Waals surface area contributed by atoms with Crippen LogP contribution in [0.4, 0.5) is 0 Å². The first-order valence-corrected chi connectivity index (χ1v) is 15.8. The van der Waals surface area contributed by atoms with Crippen LogP contribution in [-0.2, 0) is 19.3 Å². The molecule has 0 N–H and O–H groups in total. The Kier molecular flexibility index (Phi) is 8.70. The zero-order valence-electron chi connectivity index (χ0n) is 16.2. The zero-order valence-corrected chi connectivity index (χ0v) is 18.8. The predicted molar refractivity (Wildman–Crippen MR) is 108 cm³/mol. The normalized spacial score (nSPS) is 18.2. The second-order valence-electron chi connectivity index (χ2n) is 6.60. The van der Waals surface area contributed by atoms with Crippen molar-refractivity contribution in [1.82, 2.24) is 0 Å². The van der Waals surface area contributed by atoms with Crippen molar-refractivity contribution in [2.75, 3.05) is 49.3 Å². The molecule has 0 fully saturated rings. The van der Waals surface area contributed by atoms with Gasteiger partial charge in [-0.05, 0) is 0 Å². The molecule has 22 heavy (non-hydrogen) atoms. The van der Waals surface area contributed by atoms with E-state index in [1.807, 2.05) is 0 Å². The molecule has 0 aromatic carbocycles. The molecule has 0 rings (SSSR count). The number of hydrogen-bond acceptors (Lipinski definition) is 3. The molecule has 0 aliphatic rings. The van der Waals surface area contributed by atoms with E-state index in [1.165, 1.54) is 0 Å². The fourth-order valence-electron chi connectivity index (χ4n) is 3.46. The van der Waals surface area contributed by atoms with Gasteiger partial charge in [-0.2, -0.15) is 0 Å². The van der Waals surface area contributed by atoms with Crippen LogP contribution in [0, 0.1) is 0 Å². The molecule has 0 unspecified atom stereocenters. The van der Waals surface area contributed by atoms with Crippen molar-refractivity contribution in [3.63, 3.8) is 0 Å². The van der Waals surface area contributed by atoms with Gasteiger partial charge >= 0.3 is 142 Å². The van der Waals surface area contributed by atoms with E-state index >= 15 is 0 Å². The molecular formula is C16H40O3P2S. The molecule has 0 saturated heterocycles. The molecule has 0 radical (unpaired) electrons. The summed E-state index contributed by atoms with van der Waals surface area (Å²) in [5.74, 6) is 0. The summed E-state index contributed by atoms with van der Waals surface area (Å²) in [6.45, 7) is 12.7. The van der Waals surface area contributed by atoms with Crippen LogP contribution in [0.3, 0.4) is 0 Å². The molecule has 0 atom stereocenters. The second-order valence-corrected chi connectivity index (χ2v) is 20.7. The Morgan fingerprint density at radius 1 is 0.545 bits per heavy atom. The monoisotopic (exact) mass is 374 g/mol. The van der Waals surface area contributed by atoms with Gasteiger partial charge in [-0.25, -0.2) is 0 Å². The topological polar surface area (TPSA) is 35.5 Å². The van der Waals surface area contributed by atoms with Crippen molar-refractivity contribution in [3.8, 4) is 0 Å². The quantitative estimate of drug-likeness (QED) is 0.411. The standard InChI is InChI=1S/C16H40O3P2S/c1-9-20(10-2,11-3,12-4)18-22(17)19-21(13-5,14-6,15-7)16-8/h9-16H2,1-8H3. The molecule has 6 heteroatoms. The summed E-state index contributed by atoms with van der Waals surface area (Å²) in [5.41, 5.74) is 0. The van der Waals surface area contributed by atoms with Crippen LogP contribution in [0.15, 0.2) is 0 Å². The third kappa shape index (κ3) is 4.12. The maximum absolute atomic E-state index is 12.9. The van der Waals surface area contributed by atoms with Gasteiger partial charge in [-0.1, -0.05) is 0 Å². The van der Waals surface area contributed by atoms with Crippen LogP contribution < -0.4 is 0 Å². The molecule has 0 amide bonds. The molecule has 0 saturated carbocycles. The Balaban J connectivity index is 5.54. The molecule has 138 valence electrons. The molecule has 0 aliphatic carbocycles. The molecule has 0 spiro atoms. The van der Waals surface area contributed by atoms with Gasteiger partial charge in [0.1, 0.15) is 0 Å². The van der Waals surface area contributed by atoms with Crippen LogP contribution in [0.2, 0.25) is 0 Å². The Morgan fingerprint density at radius 3 is 0.864 bits per heavy atom. The van der Waals surface area contributed by atoms with Crippen molar-refractivity contribution in [2.45, 2.75) is 55.4 Å². The third-order valence-electron chi connectivity index (χ3n) is 6.94. The molecule has 3 nitrogen and oxygen atoms in total. The summed E-state index contributed by atoms with van der Waals surface area (Å²) < 4.78 is 25.5. The van der Waals surface area contributed by atoms with Gasteiger partial charge < -0.3 is 0 Å². The first-order valence-electron chi connectivity index (χ1n) is 9.05. The summed E-state index contributed by atoms with van der Waals surface area (Å²) >= 11 is -1.62. The van der Waals surface area contributed by atoms with Crippen LogP contribution >= 0.6 is 13.7 Å². The first kappa shape index (κ1) is 22.9. The predicted octanol–water partition coefficient (Wildman–Crippen LogP) is 5.69. The summed E-state index contributed by atoms with van der Waals surface area (Å²) in [6, 6.07) is 0. The fourth-order valence-corrected chi connectivity index (χ4v) is 15.3. The Hall–Kier alpha value is 0.930. The molecule has 0 aromatic rings. The van der Waals surface area contributed by atoms with Gasteiger partial charge in [0.05, 0.1) is 0 Å². The van der Waals surface area contributed by atoms with E-state index in [2.05, 4.69) is 55.4 Å². The molecular weight excluding hydrogens is 334 g/mol. The summed E-state index contributed by atoms with van der Waals surface area (Å²) in [6.07, 6.45) is 7.86. The van der Waals surface area contributed by atoms with E-state index in [4.69, 9.17) is 7.94 Å². The van der Waals surface area contributed by atoms with E-state index in [-0.39, 0.29) is 0 Å². The van der Waals surface area contributed by atoms with E-state index in [0.29, 0.717) is 0 Å². The minimum absolute atomic E-state index is 0.983. The average molecular weight is 375 g/mol. The van der Waals surface area contributed by atoms with Gasteiger partial charge in [0.2, 0.25) is 0 Å². The molecule has 0 aliphatic heterocycles. The van der Waals surface area contributed by atoms with Crippen LogP contribution in [0.25, 0.3) is 0 Å². The van der Waals surface area contributed by atoms with Crippen molar-refractivity contribution >= 4 is 25.0 Å². The van der Waals surface area contributed by atoms with Crippen molar-refractivity contribution in [2.24, 2.45) is 0 Å².